The third-order valence-corrected chi connectivity index (χ3v) is 3.03. The molecule has 0 saturated carbocycles. The zero-order valence-corrected chi connectivity index (χ0v) is 14.4. The van der Waals surface area contributed by atoms with E-state index in [1.54, 1.807) is 0 Å². The number of halogens is 4. The van der Waals surface area contributed by atoms with Gasteiger partial charge in [0.25, 0.3) is 0 Å². The summed E-state index contributed by atoms with van der Waals surface area (Å²) in [7, 11) is 0. The minimum absolute atomic E-state index is 0. The van der Waals surface area contributed by atoms with E-state index in [-0.39, 0.29) is 64.1 Å². The summed E-state index contributed by atoms with van der Waals surface area (Å²) >= 11 is 0. The third kappa shape index (κ3) is 5.31. The average molecular weight is 316 g/mol. The van der Waals surface area contributed by atoms with E-state index in [1.807, 2.05) is 0 Å². The van der Waals surface area contributed by atoms with E-state index in [0.717, 1.165) is 31.4 Å². The van der Waals surface area contributed by atoms with Crippen molar-refractivity contribution < 1.29 is 78.2 Å². The Morgan fingerprint density at radius 3 is 2.60 bits per heavy atom. The van der Waals surface area contributed by atoms with Crippen LogP contribution in [0.15, 0.2) is 18.2 Å². The van der Waals surface area contributed by atoms with Gasteiger partial charge in [-0.2, -0.15) is 0 Å². The van der Waals surface area contributed by atoms with Gasteiger partial charge < -0.3 is 22.4 Å². The van der Waals surface area contributed by atoms with E-state index in [1.165, 1.54) is 0 Å². The molecule has 1 aliphatic rings. The van der Waals surface area contributed by atoms with Crippen molar-refractivity contribution in [2.45, 2.75) is 25.4 Å². The number of benzene rings is 1. The van der Waals surface area contributed by atoms with Crippen LogP contribution in [0, 0.1) is 5.82 Å². The fourth-order valence-corrected chi connectivity index (χ4v) is 2.03. The first-order chi connectivity index (χ1) is 8.97. The molecule has 1 aromatic rings. The minimum Gasteiger partial charge on any atom is -0.494 e. The Balaban J connectivity index is 0.00000200. The van der Waals surface area contributed by atoms with E-state index in [0.29, 0.717) is 12.7 Å². The van der Waals surface area contributed by atoms with E-state index in [2.05, 4.69) is 0 Å². The van der Waals surface area contributed by atoms with Crippen LogP contribution in [0.25, 0.3) is 0 Å². The monoisotopic (exact) mass is 316 g/mol. The summed E-state index contributed by atoms with van der Waals surface area (Å²) in [5.41, 5.74) is -0.905. The topological polar surface area (TPSA) is 18.5 Å². The van der Waals surface area contributed by atoms with Gasteiger partial charge in [-0.05, 0) is 25.3 Å². The van der Waals surface area contributed by atoms with Gasteiger partial charge in [0, 0.05) is 12.7 Å². The molecule has 1 heterocycles. The van der Waals surface area contributed by atoms with E-state index in [9.17, 15) is 17.3 Å². The first kappa shape index (κ1) is 18.5. The van der Waals surface area contributed by atoms with Crippen LogP contribution >= 0.6 is 0 Å². The van der Waals surface area contributed by atoms with Crippen LogP contribution < -0.4 is 61.6 Å². The van der Waals surface area contributed by atoms with Crippen molar-refractivity contribution in [3.8, 4) is 5.75 Å². The SMILES string of the molecule is Fc1ccc([B-](F)(F)F)c(OCC2CCCCO2)c1.[K+]. The number of rotatable bonds is 4. The largest absolute Gasteiger partial charge is 1.00 e. The molecule has 1 aromatic carbocycles. The molecule has 0 amide bonds. The molecule has 1 atom stereocenters. The molecule has 2 rings (SSSR count). The Kier molecular flexibility index (Phi) is 7.51. The van der Waals surface area contributed by atoms with Crippen molar-refractivity contribution in [2.75, 3.05) is 13.2 Å². The summed E-state index contributed by atoms with van der Waals surface area (Å²) in [6.45, 7) is -4.61. The zero-order chi connectivity index (χ0) is 13.9. The van der Waals surface area contributed by atoms with Gasteiger partial charge in [-0.15, -0.1) is 0 Å². The molecule has 106 valence electrons. The van der Waals surface area contributed by atoms with Crippen molar-refractivity contribution in [3.05, 3.63) is 24.0 Å². The maximum Gasteiger partial charge on any atom is 1.00 e. The molecule has 0 aromatic heterocycles. The van der Waals surface area contributed by atoms with Crippen molar-refractivity contribution in [3.63, 3.8) is 0 Å². The predicted molar refractivity (Wildman–Crippen MR) is 64.2 cm³/mol. The predicted octanol–water partition coefficient (Wildman–Crippen LogP) is -0.168. The molecule has 8 heteroatoms. The van der Waals surface area contributed by atoms with E-state index in [4.69, 9.17) is 9.47 Å². The molecule has 0 bridgehead atoms. The van der Waals surface area contributed by atoms with Crippen LogP contribution in [0.1, 0.15) is 19.3 Å². The van der Waals surface area contributed by atoms with Crippen LogP contribution in [-0.2, 0) is 4.74 Å². The molecular formula is C12H14BF4KO2. The van der Waals surface area contributed by atoms with Gasteiger partial charge in [0.1, 0.15) is 12.4 Å². The Morgan fingerprint density at radius 1 is 1.25 bits per heavy atom. The third-order valence-electron chi connectivity index (χ3n) is 3.03. The van der Waals surface area contributed by atoms with Crippen LogP contribution in [-0.4, -0.2) is 26.3 Å². The van der Waals surface area contributed by atoms with Gasteiger partial charge in [-0.1, -0.05) is 11.5 Å². The first-order valence-corrected chi connectivity index (χ1v) is 6.20. The Bertz CT molecular complexity index is 436. The Labute approximate surface area is 157 Å². The summed E-state index contributed by atoms with van der Waals surface area (Å²) in [5.74, 6) is -1.20. The number of ether oxygens (including phenoxy) is 2. The van der Waals surface area contributed by atoms with E-state index >= 15 is 0 Å². The Hall–Kier alpha value is 0.401. The van der Waals surface area contributed by atoms with Gasteiger partial charge in [0.2, 0.25) is 0 Å². The second-order valence-corrected chi connectivity index (χ2v) is 4.56. The summed E-state index contributed by atoms with van der Waals surface area (Å²) < 4.78 is 61.8. The molecule has 0 aliphatic carbocycles. The van der Waals surface area contributed by atoms with Gasteiger partial charge in [0.15, 0.2) is 0 Å². The van der Waals surface area contributed by atoms with Gasteiger partial charge in [-0.3, -0.25) is 0 Å². The van der Waals surface area contributed by atoms with Crippen LogP contribution in [0.3, 0.4) is 0 Å². The van der Waals surface area contributed by atoms with Crippen LogP contribution in [0.2, 0.25) is 0 Å². The molecule has 1 fully saturated rings. The maximum absolute atomic E-state index is 13.0. The first-order valence-electron chi connectivity index (χ1n) is 6.20. The van der Waals surface area contributed by atoms with Crippen molar-refractivity contribution >= 4 is 12.4 Å². The zero-order valence-electron chi connectivity index (χ0n) is 11.3. The molecule has 0 N–H and O–H groups in total. The van der Waals surface area contributed by atoms with Crippen LogP contribution in [0.4, 0.5) is 17.3 Å². The average Bonchev–Trinajstić information content (AvgIpc) is 2.36. The van der Waals surface area contributed by atoms with Gasteiger partial charge in [0.05, 0.1) is 11.9 Å². The fraction of sp³-hybridized carbons (Fsp3) is 0.500. The maximum atomic E-state index is 13.0. The molecular weight excluding hydrogens is 302 g/mol. The number of hydrogen-bond donors (Lipinski definition) is 0. The summed E-state index contributed by atoms with van der Waals surface area (Å²) in [6, 6.07) is 2.27. The smallest absolute Gasteiger partial charge is 0.494 e. The normalized spacial score (nSPS) is 19.3. The number of hydrogen-bond acceptors (Lipinski definition) is 2. The van der Waals surface area contributed by atoms with Crippen molar-refractivity contribution in [2.24, 2.45) is 0 Å². The second-order valence-electron chi connectivity index (χ2n) is 4.56. The van der Waals surface area contributed by atoms with E-state index < -0.39 is 24.0 Å². The molecule has 0 spiro atoms. The quantitative estimate of drug-likeness (QED) is 0.567. The minimum atomic E-state index is -5.22. The van der Waals surface area contributed by atoms with Crippen molar-refractivity contribution in [1.29, 1.82) is 0 Å². The summed E-state index contributed by atoms with van der Waals surface area (Å²) in [6.07, 6.45) is 2.45. The Morgan fingerprint density at radius 2 is 2.00 bits per heavy atom. The molecule has 20 heavy (non-hydrogen) atoms. The van der Waals surface area contributed by atoms with Gasteiger partial charge >= 0.3 is 58.4 Å². The molecule has 1 unspecified atom stereocenters. The van der Waals surface area contributed by atoms with Crippen LogP contribution in [0.5, 0.6) is 5.75 Å². The van der Waals surface area contributed by atoms with Gasteiger partial charge in [-0.25, -0.2) is 4.39 Å². The summed E-state index contributed by atoms with van der Waals surface area (Å²) in [5, 5.41) is 0. The second kappa shape index (κ2) is 8.14. The summed E-state index contributed by atoms with van der Waals surface area (Å²) in [4.78, 5) is 0. The standard InChI is InChI=1S/C12H14BF4O2.K/c14-9-4-5-11(13(15,16)17)12(7-9)19-8-10-3-1-2-6-18-10;/h4-5,7,10H,1-3,6,8H2;/q-1;+1. The molecule has 1 saturated heterocycles. The fourth-order valence-electron chi connectivity index (χ4n) is 2.03. The molecule has 0 radical (unpaired) electrons. The van der Waals surface area contributed by atoms with Crippen molar-refractivity contribution in [1.82, 2.24) is 0 Å². The molecule has 1 aliphatic heterocycles. The molecule has 2 nitrogen and oxygen atoms in total.